The molecule has 3 amide bonds. The lowest BCUT2D eigenvalue weighted by Gasteiger charge is -2.35. The fraction of sp³-hybridized carbons (Fsp3) is 0.444. The van der Waals surface area contributed by atoms with Crippen LogP contribution in [0, 0.1) is 5.92 Å². The fourth-order valence-electron chi connectivity index (χ4n) is 5.51. The number of rotatable bonds is 9. The number of urea groups is 1. The molecule has 1 heterocycles. The number of likely N-dealkylation sites (N-methyl/N-ethyl adjacent to an activating group) is 1. The van der Waals surface area contributed by atoms with Crippen molar-refractivity contribution in [1.29, 1.82) is 0 Å². The van der Waals surface area contributed by atoms with Crippen molar-refractivity contribution < 1.29 is 37.3 Å². The van der Waals surface area contributed by atoms with Gasteiger partial charge in [0.15, 0.2) is 0 Å². The van der Waals surface area contributed by atoms with E-state index in [-0.39, 0.29) is 53.9 Å². The summed E-state index contributed by atoms with van der Waals surface area (Å²) in [4.78, 5) is 30.7. The average molecular weight is 697 g/mol. The van der Waals surface area contributed by atoms with Gasteiger partial charge in [0.05, 0.1) is 42.4 Å². The summed E-state index contributed by atoms with van der Waals surface area (Å²) in [5.74, 6) is 0.304. The molecular weight excluding hydrogens is 648 g/mol. The Kier molecular flexibility index (Phi) is 13.3. The third-order valence-corrected chi connectivity index (χ3v) is 9.90. The highest BCUT2D eigenvalue weighted by molar-refractivity contribution is 7.92. The van der Waals surface area contributed by atoms with E-state index < -0.39 is 28.1 Å². The molecule has 49 heavy (non-hydrogen) atoms. The van der Waals surface area contributed by atoms with Crippen molar-refractivity contribution >= 4 is 33.3 Å². The molecule has 0 saturated heterocycles. The summed E-state index contributed by atoms with van der Waals surface area (Å²) in [5, 5.41) is 13.1. The largest absolute Gasteiger partial charge is 0.497 e. The van der Waals surface area contributed by atoms with Crippen LogP contribution < -0.4 is 19.5 Å². The Morgan fingerprint density at radius 1 is 1.06 bits per heavy atom. The second-order valence-electron chi connectivity index (χ2n) is 12.5. The van der Waals surface area contributed by atoms with Gasteiger partial charge in [-0.1, -0.05) is 25.1 Å². The second-order valence-corrected chi connectivity index (χ2v) is 14.2. The van der Waals surface area contributed by atoms with Crippen molar-refractivity contribution in [2.45, 2.75) is 63.2 Å². The summed E-state index contributed by atoms with van der Waals surface area (Å²) in [6, 6.07) is 18.7. The number of hydrogen-bond donors (Lipinski definition) is 3. The van der Waals surface area contributed by atoms with Crippen molar-refractivity contribution in [2.24, 2.45) is 5.92 Å². The van der Waals surface area contributed by atoms with Gasteiger partial charge in [-0.05, 0) is 87.7 Å². The van der Waals surface area contributed by atoms with Gasteiger partial charge in [0.2, 0.25) is 0 Å². The van der Waals surface area contributed by atoms with Crippen LogP contribution >= 0.6 is 0 Å². The van der Waals surface area contributed by atoms with Gasteiger partial charge in [0, 0.05) is 44.0 Å². The molecule has 1 aliphatic heterocycles. The first-order chi connectivity index (χ1) is 23.4. The van der Waals surface area contributed by atoms with Crippen LogP contribution in [0.2, 0.25) is 0 Å². The van der Waals surface area contributed by atoms with Gasteiger partial charge < -0.3 is 34.4 Å². The zero-order chi connectivity index (χ0) is 35.6. The van der Waals surface area contributed by atoms with Crippen molar-refractivity contribution in [1.82, 2.24) is 9.80 Å². The zero-order valence-corrected chi connectivity index (χ0v) is 29.6. The summed E-state index contributed by atoms with van der Waals surface area (Å²) in [6.45, 7) is 6.20. The number of benzene rings is 3. The van der Waals surface area contributed by atoms with Gasteiger partial charge in [0.25, 0.3) is 15.9 Å². The SMILES string of the molecule is COc1ccc(NC(=O)N(C)C[C@H]2OCCCC[C@H](C)Oc3ccc(NS(=O)(=O)c4ccccc4)cc3C(=O)N([C@@H](C)CO)C[C@@H]2C)cc1. The lowest BCUT2D eigenvalue weighted by Crippen LogP contribution is -2.48. The predicted octanol–water partition coefficient (Wildman–Crippen LogP) is 5.46. The molecule has 0 radical (unpaired) electrons. The molecule has 3 aromatic rings. The van der Waals surface area contributed by atoms with Crippen LogP contribution in [0.25, 0.3) is 0 Å². The highest BCUT2D eigenvalue weighted by atomic mass is 32.2. The molecule has 4 rings (SSSR count). The Labute approximate surface area is 289 Å². The number of fused-ring (bicyclic) bond motifs is 1. The van der Waals surface area contributed by atoms with E-state index in [0.717, 1.165) is 12.8 Å². The molecule has 266 valence electrons. The van der Waals surface area contributed by atoms with Crippen molar-refractivity contribution in [3.63, 3.8) is 0 Å². The topological polar surface area (TPSA) is 147 Å². The van der Waals surface area contributed by atoms with Crippen molar-refractivity contribution in [2.75, 3.05) is 50.5 Å². The average Bonchev–Trinajstić information content (AvgIpc) is 3.10. The molecule has 3 N–H and O–H groups in total. The van der Waals surface area contributed by atoms with Crippen LogP contribution in [0.5, 0.6) is 11.5 Å². The van der Waals surface area contributed by atoms with E-state index in [1.54, 1.807) is 85.5 Å². The molecule has 13 heteroatoms. The minimum atomic E-state index is -3.92. The second kappa shape index (κ2) is 17.4. The van der Waals surface area contributed by atoms with Crippen LogP contribution in [0.15, 0.2) is 77.7 Å². The maximum Gasteiger partial charge on any atom is 0.321 e. The normalized spacial score (nSPS) is 19.8. The quantitative estimate of drug-likeness (QED) is 0.268. The summed E-state index contributed by atoms with van der Waals surface area (Å²) in [7, 11) is -0.662. The molecule has 0 fully saturated rings. The number of aliphatic hydroxyl groups excluding tert-OH is 1. The number of hydrogen-bond acceptors (Lipinski definition) is 8. The maximum absolute atomic E-state index is 14.4. The molecule has 0 saturated carbocycles. The van der Waals surface area contributed by atoms with E-state index in [1.165, 1.54) is 18.2 Å². The van der Waals surface area contributed by atoms with E-state index in [1.807, 2.05) is 13.8 Å². The Bertz CT molecular complexity index is 1640. The van der Waals surface area contributed by atoms with Crippen LogP contribution in [-0.4, -0.2) is 94.0 Å². The number of carbonyl (C=O) groups excluding carboxylic acids is 2. The molecule has 0 bridgehead atoms. The number of anilines is 2. The highest BCUT2D eigenvalue weighted by Gasteiger charge is 2.31. The number of nitrogens with zero attached hydrogens (tertiary/aromatic N) is 2. The third-order valence-electron chi connectivity index (χ3n) is 8.50. The number of sulfonamides is 1. The van der Waals surface area contributed by atoms with Gasteiger partial charge >= 0.3 is 6.03 Å². The van der Waals surface area contributed by atoms with Gasteiger partial charge in [0.1, 0.15) is 11.5 Å². The molecule has 12 nitrogen and oxygen atoms in total. The van der Waals surface area contributed by atoms with E-state index in [4.69, 9.17) is 14.2 Å². The first-order valence-corrected chi connectivity index (χ1v) is 18.0. The maximum atomic E-state index is 14.4. The molecule has 3 aromatic carbocycles. The molecule has 0 aliphatic carbocycles. The van der Waals surface area contributed by atoms with Crippen molar-refractivity contribution in [3.05, 3.63) is 78.4 Å². The molecule has 0 aromatic heterocycles. The molecular formula is C36H48N4O8S. The summed E-state index contributed by atoms with van der Waals surface area (Å²) in [6.07, 6.45) is 1.59. The molecule has 4 atom stereocenters. The van der Waals surface area contributed by atoms with Crippen LogP contribution in [0.3, 0.4) is 0 Å². The minimum absolute atomic E-state index is 0.0873. The number of methoxy groups -OCH3 is 1. The Hall–Kier alpha value is -4.33. The first kappa shape index (κ1) is 37.5. The van der Waals surface area contributed by atoms with E-state index in [9.17, 15) is 23.1 Å². The lowest BCUT2D eigenvalue weighted by molar-refractivity contribution is -0.0115. The number of nitrogens with one attached hydrogen (secondary N) is 2. The number of aliphatic hydroxyl groups is 1. The molecule has 0 unspecified atom stereocenters. The van der Waals surface area contributed by atoms with Gasteiger partial charge in [-0.15, -0.1) is 0 Å². The van der Waals surface area contributed by atoms with Crippen LogP contribution in [-0.2, 0) is 14.8 Å². The summed E-state index contributed by atoms with van der Waals surface area (Å²) < 4.78 is 46.6. The van der Waals surface area contributed by atoms with Gasteiger partial charge in [-0.3, -0.25) is 9.52 Å². The van der Waals surface area contributed by atoms with Crippen molar-refractivity contribution in [3.8, 4) is 11.5 Å². The summed E-state index contributed by atoms with van der Waals surface area (Å²) >= 11 is 0. The lowest BCUT2D eigenvalue weighted by atomic mass is 10.0. The Balaban J connectivity index is 1.60. The zero-order valence-electron chi connectivity index (χ0n) is 28.8. The number of carbonyl (C=O) groups is 2. The first-order valence-electron chi connectivity index (χ1n) is 16.5. The number of ether oxygens (including phenoxy) is 3. The van der Waals surface area contributed by atoms with E-state index in [0.29, 0.717) is 30.2 Å². The summed E-state index contributed by atoms with van der Waals surface area (Å²) in [5.41, 5.74) is 0.980. The molecule has 0 spiro atoms. The Morgan fingerprint density at radius 3 is 2.43 bits per heavy atom. The smallest absolute Gasteiger partial charge is 0.321 e. The van der Waals surface area contributed by atoms with E-state index >= 15 is 0 Å². The monoisotopic (exact) mass is 696 g/mol. The Morgan fingerprint density at radius 2 is 1.76 bits per heavy atom. The number of amides is 3. The van der Waals surface area contributed by atoms with E-state index in [2.05, 4.69) is 10.0 Å². The highest BCUT2D eigenvalue weighted by Crippen LogP contribution is 2.29. The fourth-order valence-corrected chi connectivity index (χ4v) is 6.58. The van der Waals surface area contributed by atoms with Gasteiger partial charge in [-0.2, -0.15) is 0 Å². The van der Waals surface area contributed by atoms with Crippen LogP contribution in [0.1, 0.15) is 50.4 Å². The molecule has 1 aliphatic rings. The van der Waals surface area contributed by atoms with Crippen LogP contribution in [0.4, 0.5) is 16.2 Å². The van der Waals surface area contributed by atoms with Gasteiger partial charge in [-0.25, -0.2) is 13.2 Å². The third kappa shape index (κ3) is 10.3. The predicted molar refractivity (Wildman–Crippen MR) is 189 cm³/mol. The minimum Gasteiger partial charge on any atom is -0.497 e. The standard InChI is InChI=1S/C36H48N4O8S/c1-25-22-40(26(2)24-41)35(42)32-21-29(38-49(44,45)31-12-7-6-8-13-31)16-19-33(32)48-27(3)11-9-10-20-47-34(25)23-39(4)36(43)37-28-14-17-30(46-5)18-15-28/h6-8,12-19,21,25-27,34,38,41H,9-11,20,22-24H2,1-5H3,(H,37,43)/t25-,26-,27-,34+/m0/s1.